The third-order valence-electron chi connectivity index (χ3n) is 3.01. The molecule has 1 aromatic carbocycles. The van der Waals surface area contributed by atoms with E-state index in [0.29, 0.717) is 22.5 Å². The summed E-state index contributed by atoms with van der Waals surface area (Å²) in [5.41, 5.74) is 2.99. The highest BCUT2D eigenvalue weighted by Crippen LogP contribution is 2.24. The van der Waals surface area contributed by atoms with E-state index in [1.807, 2.05) is 0 Å². The summed E-state index contributed by atoms with van der Waals surface area (Å²) in [6, 6.07) is 4.63. The average molecular weight is 287 g/mol. The summed E-state index contributed by atoms with van der Waals surface area (Å²) < 4.78 is 0. The molecule has 20 heavy (non-hydrogen) atoms. The van der Waals surface area contributed by atoms with E-state index in [2.05, 4.69) is 10.3 Å². The van der Waals surface area contributed by atoms with Crippen LogP contribution in [0.1, 0.15) is 31.2 Å². The highest BCUT2D eigenvalue weighted by molar-refractivity contribution is 7.07. The van der Waals surface area contributed by atoms with Crippen LogP contribution in [-0.4, -0.2) is 34.7 Å². The highest BCUT2D eigenvalue weighted by Gasteiger charge is 2.32. The summed E-state index contributed by atoms with van der Waals surface area (Å²) in [7, 11) is 1.43. The molecule has 2 heterocycles. The van der Waals surface area contributed by atoms with Gasteiger partial charge in [-0.05, 0) is 18.2 Å². The van der Waals surface area contributed by atoms with Crippen LogP contribution in [0, 0.1) is 0 Å². The van der Waals surface area contributed by atoms with Gasteiger partial charge in [-0.2, -0.15) is 0 Å². The van der Waals surface area contributed by atoms with Crippen molar-refractivity contribution in [2.45, 2.75) is 0 Å². The molecule has 1 aromatic heterocycles. The van der Waals surface area contributed by atoms with E-state index in [9.17, 15) is 14.4 Å². The lowest BCUT2D eigenvalue weighted by molar-refractivity contribution is 0.0692. The van der Waals surface area contributed by atoms with Gasteiger partial charge in [0.05, 0.1) is 16.6 Å². The minimum Gasteiger partial charge on any atom is -0.321 e. The van der Waals surface area contributed by atoms with Crippen molar-refractivity contribution in [3.63, 3.8) is 0 Å². The molecule has 0 aliphatic carbocycles. The van der Waals surface area contributed by atoms with Crippen LogP contribution in [0.3, 0.4) is 0 Å². The van der Waals surface area contributed by atoms with Crippen LogP contribution in [0.4, 0.5) is 5.69 Å². The predicted octanol–water partition coefficient (Wildman–Crippen LogP) is 1.62. The van der Waals surface area contributed by atoms with Gasteiger partial charge < -0.3 is 5.32 Å². The van der Waals surface area contributed by atoms with Crippen LogP contribution in [0.5, 0.6) is 0 Å². The number of thiazole rings is 1. The number of hydrogen-bond acceptors (Lipinski definition) is 5. The Morgan fingerprint density at radius 2 is 2.00 bits per heavy atom. The van der Waals surface area contributed by atoms with E-state index in [-0.39, 0.29) is 17.7 Å². The summed E-state index contributed by atoms with van der Waals surface area (Å²) >= 11 is 1.32. The van der Waals surface area contributed by atoms with Gasteiger partial charge in [0.25, 0.3) is 17.7 Å². The molecule has 2 aromatic rings. The van der Waals surface area contributed by atoms with Crippen molar-refractivity contribution in [3.8, 4) is 0 Å². The van der Waals surface area contributed by atoms with Gasteiger partial charge in [-0.25, -0.2) is 4.98 Å². The Kier molecular flexibility index (Phi) is 2.83. The number of fused-ring (bicyclic) bond motifs is 1. The number of anilines is 1. The zero-order valence-corrected chi connectivity index (χ0v) is 11.2. The summed E-state index contributed by atoms with van der Waals surface area (Å²) in [6.07, 6.45) is 0. The van der Waals surface area contributed by atoms with E-state index >= 15 is 0 Å². The number of aromatic nitrogens is 1. The van der Waals surface area contributed by atoms with Crippen LogP contribution < -0.4 is 5.32 Å². The van der Waals surface area contributed by atoms with Crippen LogP contribution >= 0.6 is 11.3 Å². The molecule has 1 N–H and O–H groups in total. The van der Waals surface area contributed by atoms with Gasteiger partial charge in [-0.1, -0.05) is 0 Å². The Hall–Kier alpha value is -2.54. The number of imide groups is 1. The van der Waals surface area contributed by atoms with Crippen LogP contribution in [0.25, 0.3) is 0 Å². The first-order chi connectivity index (χ1) is 9.58. The molecule has 1 aliphatic heterocycles. The molecule has 3 amide bonds. The summed E-state index contributed by atoms with van der Waals surface area (Å²) in [4.78, 5) is 40.4. The average Bonchev–Trinajstić information content (AvgIpc) is 3.04. The lowest BCUT2D eigenvalue weighted by Gasteiger charge is -2.04. The topological polar surface area (TPSA) is 79.4 Å². The lowest BCUT2D eigenvalue weighted by atomic mass is 10.1. The van der Waals surface area contributed by atoms with Crippen molar-refractivity contribution in [3.05, 3.63) is 45.9 Å². The monoisotopic (exact) mass is 287 g/mol. The first-order valence-electron chi connectivity index (χ1n) is 5.74. The molecule has 0 fully saturated rings. The maximum atomic E-state index is 11.9. The van der Waals surface area contributed by atoms with Gasteiger partial charge in [0.1, 0.15) is 5.69 Å². The van der Waals surface area contributed by atoms with Gasteiger partial charge in [-0.3, -0.25) is 19.3 Å². The Bertz CT molecular complexity index is 724. The molecule has 0 atom stereocenters. The number of carbonyl (C=O) groups excluding carboxylic acids is 3. The highest BCUT2D eigenvalue weighted by atomic mass is 32.1. The van der Waals surface area contributed by atoms with Gasteiger partial charge in [0, 0.05) is 18.1 Å². The second-order valence-electron chi connectivity index (χ2n) is 4.26. The van der Waals surface area contributed by atoms with Crippen molar-refractivity contribution in [1.82, 2.24) is 9.88 Å². The molecular formula is C13H9N3O3S. The Balaban J connectivity index is 1.89. The van der Waals surface area contributed by atoms with Crippen LogP contribution in [0.2, 0.25) is 0 Å². The molecule has 0 unspecified atom stereocenters. The van der Waals surface area contributed by atoms with Crippen molar-refractivity contribution >= 4 is 34.7 Å². The summed E-state index contributed by atoms with van der Waals surface area (Å²) in [5, 5.41) is 4.28. The first-order valence-corrected chi connectivity index (χ1v) is 6.68. The molecule has 0 bridgehead atoms. The lowest BCUT2D eigenvalue weighted by Crippen LogP contribution is -2.24. The smallest absolute Gasteiger partial charge is 0.275 e. The maximum absolute atomic E-state index is 11.9. The third-order valence-corrected chi connectivity index (χ3v) is 3.60. The molecule has 0 saturated heterocycles. The fraction of sp³-hybridized carbons (Fsp3) is 0.0769. The van der Waals surface area contributed by atoms with E-state index < -0.39 is 0 Å². The van der Waals surface area contributed by atoms with Gasteiger partial charge in [0.2, 0.25) is 0 Å². The van der Waals surface area contributed by atoms with Gasteiger partial charge in [0.15, 0.2) is 0 Å². The van der Waals surface area contributed by atoms with Gasteiger partial charge in [-0.15, -0.1) is 11.3 Å². The quantitative estimate of drug-likeness (QED) is 0.851. The maximum Gasteiger partial charge on any atom is 0.275 e. The molecule has 0 saturated carbocycles. The summed E-state index contributed by atoms with van der Waals surface area (Å²) in [5.74, 6) is -1.05. The molecule has 1 aliphatic rings. The second kappa shape index (κ2) is 4.53. The van der Waals surface area contributed by atoms with Crippen molar-refractivity contribution < 1.29 is 14.4 Å². The number of nitrogens with one attached hydrogen (secondary N) is 1. The SMILES string of the molecule is CN1C(=O)c2ccc(NC(=O)c3cscn3)cc2C1=O. The fourth-order valence-corrected chi connectivity index (χ4v) is 2.49. The molecule has 100 valence electrons. The fourth-order valence-electron chi connectivity index (χ4n) is 1.96. The van der Waals surface area contributed by atoms with E-state index in [1.54, 1.807) is 17.0 Å². The molecule has 7 heteroatoms. The first kappa shape index (κ1) is 12.5. The zero-order chi connectivity index (χ0) is 14.3. The molecule has 3 rings (SSSR count). The van der Waals surface area contributed by atoms with Crippen molar-refractivity contribution in [2.24, 2.45) is 0 Å². The molecule has 0 radical (unpaired) electrons. The standard InChI is InChI=1S/C13H9N3O3S/c1-16-12(18)8-3-2-7(4-9(8)13(16)19)15-11(17)10-5-20-6-14-10/h2-6H,1H3,(H,15,17). The van der Waals surface area contributed by atoms with Crippen LogP contribution in [0.15, 0.2) is 29.1 Å². The van der Waals surface area contributed by atoms with Crippen molar-refractivity contribution in [1.29, 1.82) is 0 Å². The number of rotatable bonds is 2. The Labute approximate surface area is 118 Å². The van der Waals surface area contributed by atoms with E-state index in [0.717, 1.165) is 4.90 Å². The third kappa shape index (κ3) is 1.88. The van der Waals surface area contributed by atoms with E-state index in [1.165, 1.54) is 30.5 Å². The van der Waals surface area contributed by atoms with Gasteiger partial charge >= 0.3 is 0 Å². The molecule has 0 spiro atoms. The number of benzene rings is 1. The second-order valence-corrected chi connectivity index (χ2v) is 4.98. The number of carbonyl (C=O) groups is 3. The van der Waals surface area contributed by atoms with E-state index in [4.69, 9.17) is 0 Å². The Morgan fingerprint density at radius 3 is 2.70 bits per heavy atom. The number of amides is 3. The summed E-state index contributed by atoms with van der Waals surface area (Å²) in [6.45, 7) is 0. The zero-order valence-electron chi connectivity index (χ0n) is 10.4. The van der Waals surface area contributed by atoms with Crippen LogP contribution in [-0.2, 0) is 0 Å². The predicted molar refractivity (Wildman–Crippen MR) is 72.9 cm³/mol. The minimum atomic E-state index is -0.366. The Morgan fingerprint density at radius 1 is 1.25 bits per heavy atom. The minimum absolute atomic E-state index is 0.300. The number of nitrogens with zero attached hydrogens (tertiary/aromatic N) is 2. The number of hydrogen-bond donors (Lipinski definition) is 1. The largest absolute Gasteiger partial charge is 0.321 e. The molecule has 6 nitrogen and oxygen atoms in total. The molecular weight excluding hydrogens is 278 g/mol. The normalized spacial score (nSPS) is 13.6. The van der Waals surface area contributed by atoms with Crippen molar-refractivity contribution in [2.75, 3.05) is 12.4 Å².